The standard InChI is InChI=1S/C25H20ClN3O3S/c1-17-2-4-19(5-3-17)25-20(8-15-24(30)18-6-9-21(26)10-7-18)16-29(28-25)22-11-13-23(14-12-22)33(27,31)32/h2-16H,1H3,(H2,27,31,32)/b15-8-. The van der Waals surface area contributed by atoms with Crippen molar-refractivity contribution in [3.05, 3.63) is 107 Å². The number of hydrogen-bond acceptors (Lipinski definition) is 4. The molecule has 0 amide bonds. The van der Waals surface area contributed by atoms with Gasteiger partial charge in [0.1, 0.15) is 0 Å². The number of aryl methyl sites for hydroxylation is 1. The Labute approximate surface area is 197 Å². The van der Waals surface area contributed by atoms with Crippen molar-refractivity contribution in [3.8, 4) is 16.9 Å². The van der Waals surface area contributed by atoms with Crippen LogP contribution in [0.5, 0.6) is 0 Å². The summed E-state index contributed by atoms with van der Waals surface area (Å²) in [5.74, 6) is -0.160. The van der Waals surface area contributed by atoms with Crippen LogP contribution in [-0.2, 0) is 10.0 Å². The first-order chi connectivity index (χ1) is 15.7. The predicted octanol–water partition coefficient (Wildman–Crippen LogP) is 5.04. The first-order valence-corrected chi connectivity index (χ1v) is 11.9. The van der Waals surface area contributed by atoms with E-state index in [0.29, 0.717) is 22.0 Å². The quantitative estimate of drug-likeness (QED) is 0.310. The summed E-state index contributed by atoms with van der Waals surface area (Å²) in [4.78, 5) is 12.6. The van der Waals surface area contributed by atoms with Gasteiger partial charge >= 0.3 is 0 Å². The van der Waals surface area contributed by atoms with E-state index in [1.165, 1.54) is 18.2 Å². The smallest absolute Gasteiger partial charge is 0.238 e. The van der Waals surface area contributed by atoms with Crippen LogP contribution < -0.4 is 5.14 Å². The number of ketones is 1. The van der Waals surface area contributed by atoms with E-state index in [-0.39, 0.29) is 10.7 Å². The molecule has 3 aromatic carbocycles. The lowest BCUT2D eigenvalue weighted by Gasteiger charge is -2.03. The molecule has 1 heterocycles. The molecule has 8 heteroatoms. The molecule has 166 valence electrons. The number of rotatable bonds is 6. The van der Waals surface area contributed by atoms with Gasteiger partial charge in [0.25, 0.3) is 0 Å². The Morgan fingerprint density at radius 2 is 1.61 bits per heavy atom. The SMILES string of the molecule is Cc1ccc(-c2nn(-c3ccc(S(N)(=O)=O)cc3)cc2/C=C\C(=O)c2ccc(Cl)cc2)cc1. The second-order valence-corrected chi connectivity index (χ2v) is 9.48. The number of carbonyl (C=O) groups excluding carboxylic acids is 1. The third-order valence-corrected chi connectivity index (χ3v) is 6.22. The molecule has 0 aliphatic rings. The number of sulfonamides is 1. The van der Waals surface area contributed by atoms with Gasteiger partial charge in [-0.3, -0.25) is 4.79 Å². The van der Waals surface area contributed by atoms with Crippen molar-refractivity contribution in [1.29, 1.82) is 0 Å². The number of allylic oxidation sites excluding steroid dienone is 1. The van der Waals surface area contributed by atoms with Crippen LogP contribution in [0, 0.1) is 6.92 Å². The van der Waals surface area contributed by atoms with Crippen molar-refractivity contribution in [3.63, 3.8) is 0 Å². The zero-order valence-corrected chi connectivity index (χ0v) is 19.2. The zero-order chi connectivity index (χ0) is 23.6. The molecular weight excluding hydrogens is 458 g/mol. The van der Waals surface area contributed by atoms with Crippen LogP contribution in [0.4, 0.5) is 0 Å². The largest absolute Gasteiger partial charge is 0.289 e. The van der Waals surface area contributed by atoms with E-state index in [9.17, 15) is 13.2 Å². The van der Waals surface area contributed by atoms with Crippen LogP contribution in [-0.4, -0.2) is 24.0 Å². The molecule has 33 heavy (non-hydrogen) atoms. The highest BCUT2D eigenvalue weighted by Gasteiger charge is 2.13. The Hall–Kier alpha value is -3.52. The lowest BCUT2D eigenvalue weighted by Crippen LogP contribution is -2.12. The van der Waals surface area contributed by atoms with E-state index in [4.69, 9.17) is 21.8 Å². The van der Waals surface area contributed by atoms with Crippen molar-refractivity contribution in [2.75, 3.05) is 0 Å². The van der Waals surface area contributed by atoms with Gasteiger partial charge in [-0.1, -0.05) is 41.4 Å². The summed E-state index contributed by atoms with van der Waals surface area (Å²) in [6, 6.07) is 20.7. The van der Waals surface area contributed by atoms with Gasteiger partial charge in [0.2, 0.25) is 10.0 Å². The van der Waals surface area contributed by atoms with Crippen molar-refractivity contribution in [1.82, 2.24) is 9.78 Å². The summed E-state index contributed by atoms with van der Waals surface area (Å²) in [5, 5.41) is 10.4. The third-order valence-electron chi connectivity index (χ3n) is 5.04. The minimum Gasteiger partial charge on any atom is -0.289 e. The molecule has 0 saturated heterocycles. The number of halogens is 1. The fraction of sp³-hybridized carbons (Fsp3) is 0.0400. The van der Waals surface area contributed by atoms with Crippen molar-refractivity contribution >= 4 is 33.5 Å². The number of aromatic nitrogens is 2. The Morgan fingerprint density at radius 3 is 2.21 bits per heavy atom. The average Bonchev–Trinajstić information content (AvgIpc) is 3.22. The maximum atomic E-state index is 12.6. The van der Waals surface area contributed by atoms with Gasteiger partial charge in [0.05, 0.1) is 16.3 Å². The topological polar surface area (TPSA) is 95.1 Å². The van der Waals surface area contributed by atoms with Gasteiger partial charge in [-0.05, 0) is 67.6 Å². The van der Waals surface area contributed by atoms with Crippen LogP contribution in [0.15, 0.2) is 90.0 Å². The van der Waals surface area contributed by atoms with Crippen LogP contribution in [0.1, 0.15) is 21.5 Å². The number of benzene rings is 3. The molecule has 0 aliphatic carbocycles. The van der Waals surface area contributed by atoms with Crippen molar-refractivity contribution in [2.24, 2.45) is 5.14 Å². The highest BCUT2D eigenvalue weighted by atomic mass is 35.5. The first kappa shape index (κ1) is 22.7. The minimum absolute atomic E-state index is 0.0193. The number of carbonyl (C=O) groups is 1. The van der Waals surface area contributed by atoms with Crippen LogP contribution >= 0.6 is 11.6 Å². The molecule has 0 atom stereocenters. The number of hydrogen-bond donors (Lipinski definition) is 1. The lowest BCUT2D eigenvalue weighted by atomic mass is 10.0. The third kappa shape index (κ3) is 5.28. The summed E-state index contributed by atoms with van der Waals surface area (Å²) >= 11 is 5.90. The Kier molecular flexibility index (Phi) is 6.29. The molecule has 1 aromatic heterocycles. The maximum Gasteiger partial charge on any atom is 0.238 e. The van der Waals surface area contributed by atoms with E-state index in [1.54, 1.807) is 53.4 Å². The molecule has 0 bridgehead atoms. The molecule has 0 aliphatic heterocycles. The average molecular weight is 478 g/mol. The van der Waals surface area contributed by atoms with Gasteiger partial charge in [0.15, 0.2) is 5.78 Å². The number of nitrogens with zero attached hydrogens (tertiary/aromatic N) is 2. The lowest BCUT2D eigenvalue weighted by molar-refractivity contribution is 0.104. The van der Waals surface area contributed by atoms with Crippen LogP contribution in [0.3, 0.4) is 0 Å². The second kappa shape index (κ2) is 9.15. The summed E-state index contributed by atoms with van der Waals surface area (Å²) in [5.41, 5.74) is 4.60. The molecule has 0 spiro atoms. The molecule has 4 rings (SSSR count). The van der Waals surface area contributed by atoms with E-state index in [1.807, 2.05) is 31.2 Å². The molecule has 0 unspecified atom stereocenters. The van der Waals surface area contributed by atoms with Gasteiger partial charge in [-0.15, -0.1) is 0 Å². The molecule has 0 saturated carbocycles. The Bertz CT molecular complexity index is 1440. The predicted molar refractivity (Wildman–Crippen MR) is 130 cm³/mol. The van der Waals surface area contributed by atoms with Crippen molar-refractivity contribution < 1.29 is 13.2 Å². The molecular formula is C25H20ClN3O3S. The highest BCUT2D eigenvalue weighted by Crippen LogP contribution is 2.26. The minimum atomic E-state index is -3.79. The Balaban J connectivity index is 1.73. The van der Waals surface area contributed by atoms with Crippen molar-refractivity contribution in [2.45, 2.75) is 11.8 Å². The normalized spacial score (nSPS) is 11.7. The molecule has 2 N–H and O–H groups in total. The first-order valence-electron chi connectivity index (χ1n) is 9.99. The second-order valence-electron chi connectivity index (χ2n) is 7.49. The number of primary sulfonamides is 1. The van der Waals surface area contributed by atoms with Gasteiger partial charge in [0, 0.05) is 27.9 Å². The molecule has 0 fully saturated rings. The maximum absolute atomic E-state index is 12.6. The van der Waals surface area contributed by atoms with E-state index in [2.05, 4.69) is 0 Å². The monoisotopic (exact) mass is 477 g/mol. The summed E-state index contributed by atoms with van der Waals surface area (Å²) in [7, 11) is -3.79. The van der Waals surface area contributed by atoms with Crippen LogP contribution in [0.2, 0.25) is 5.02 Å². The number of nitrogens with two attached hydrogens (primary N) is 1. The van der Waals surface area contributed by atoms with E-state index in [0.717, 1.165) is 16.7 Å². The zero-order valence-electron chi connectivity index (χ0n) is 17.6. The highest BCUT2D eigenvalue weighted by molar-refractivity contribution is 7.89. The van der Waals surface area contributed by atoms with Gasteiger partial charge in [-0.25, -0.2) is 18.2 Å². The summed E-state index contributed by atoms with van der Waals surface area (Å²) in [6.07, 6.45) is 4.99. The fourth-order valence-corrected chi connectivity index (χ4v) is 3.88. The summed E-state index contributed by atoms with van der Waals surface area (Å²) < 4.78 is 24.7. The Morgan fingerprint density at radius 1 is 0.970 bits per heavy atom. The van der Waals surface area contributed by atoms with E-state index < -0.39 is 10.0 Å². The fourth-order valence-electron chi connectivity index (χ4n) is 3.24. The van der Waals surface area contributed by atoms with Gasteiger partial charge < -0.3 is 0 Å². The molecule has 6 nitrogen and oxygen atoms in total. The van der Waals surface area contributed by atoms with Crippen LogP contribution in [0.25, 0.3) is 23.0 Å². The van der Waals surface area contributed by atoms with Gasteiger partial charge in [-0.2, -0.15) is 5.10 Å². The molecule has 4 aromatic rings. The van der Waals surface area contributed by atoms with E-state index >= 15 is 0 Å². The summed E-state index contributed by atoms with van der Waals surface area (Å²) in [6.45, 7) is 2.00. The molecule has 0 radical (unpaired) electrons.